The zero-order chi connectivity index (χ0) is 51.8. The van der Waals surface area contributed by atoms with E-state index in [0.29, 0.717) is 19.3 Å². The molecule has 0 bridgehead atoms. The number of ether oxygens (including phenoxy) is 2. The lowest BCUT2D eigenvalue weighted by atomic mass is 9.98. The number of aliphatic hydroxyl groups excluding tert-OH is 7. The monoisotopic (exact) mass is 1010 g/mol. The number of carbonyl (C=O) groups is 1. The summed E-state index contributed by atoms with van der Waals surface area (Å²) in [5.74, 6) is -0.713. The van der Waals surface area contributed by atoms with E-state index in [2.05, 4.69) is 55.6 Å². The maximum atomic E-state index is 13.2. The second-order valence-corrected chi connectivity index (χ2v) is 21.0. The quantitative estimate of drug-likeness (QED) is 0.0215. The molecule has 1 amide bonds. The van der Waals surface area contributed by atoms with Crippen molar-refractivity contribution in [2.75, 3.05) is 13.2 Å². The number of rotatable bonds is 51. The molecule has 418 valence electrons. The lowest BCUT2D eigenvalue weighted by Gasteiger charge is -2.40. The highest BCUT2D eigenvalue weighted by atomic mass is 16.7. The van der Waals surface area contributed by atoms with Crippen LogP contribution >= 0.6 is 0 Å². The number of amides is 1. The van der Waals surface area contributed by atoms with Crippen molar-refractivity contribution in [2.45, 2.75) is 326 Å². The van der Waals surface area contributed by atoms with E-state index < -0.39 is 74.2 Å². The number of aliphatic hydroxyl groups is 7. The zero-order valence-electron chi connectivity index (χ0n) is 45.7. The highest BCUT2D eigenvalue weighted by Gasteiger charge is 2.44. The summed E-state index contributed by atoms with van der Waals surface area (Å²) in [6.45, 7) is 3.46. The molecule has 8 N–H and O–H groups in total. The lowest BCUT2D eigenvalue weighted by Crippen LogP contribution is -2.60. The molecule has 11 heteroatoms. The van der Waals surface area contributed by atoms with Crippen molar-refractivity contribution in [2.24, 2.45) is 0 Å². The first kappa shape index (κ1) is 67.3. The van der Waals surface area contributed by atoms with Crippen molar-refractivity contribution in [3.05, 3.63) is 36.5 Å². The van der Waals surface area contributed by atoms with E-state index in [4.69, 9.17) is 9.47 Å². The third-order valence-electron chi connectivity index (χ3n) is 14.4. The van der Waals surface area contributed by atoms with Gasteiger partial charge in [-0.05, 0) is 77.0 Å². The zero-order valence-corrected chi connectivity index (χ0v) is 45.7. The lowest BCUT2D eigenvalue weighted by molar-refractivity contribution is -0.303. The van der Waals surface area contributed by atoms with Crippen LogP contribution in [0.2, 0.25) is 0 Å². The first-order chi connectivity index (χ1) is 34.7. The van der Waals surface area contributed by atoms with Crippen molar-refractivity contribution in [1.29, 1.82) is 0 Å². The van der Waals surface area contributed by atoms with Gasteiger partial charge in [0, 0.05) is 0 Å². The molecule has 1 fully saturated rings. The predicted molar refractivity (Wildman–Crippen MR) is 293 cm³/mol. The second kappa shape index (κ2) is 49.2. The number of hydrogen-bond acceptors (Lipinski definition) is 10. The highest BCUT2D eigenvalue weighted by Crippen LogP contribution is 2.23. The average Bonchev–Trinajstić information content (AvgIpc) is 3.37. The molecule has 0 aromatic carbocycles. The third kappa shape index (κ3) is 37.7. The molecule has 11 nitrogen and oxygen atoms in total. The molecule has 1 heterocycles. The van der Waals surface area contributed by atoms with Crippen LogP contribution in [0.15, 0.2) is 36.5 Å². The molecule has 0 aliphatic carbocycles. The Morgan fingerprint density at radius 3 is 1.25 bits per heavy atom. The molecule has 0 aromatic heterocycles. The molecule has 1 saturated heterocycles. The summed E-state index contributed by atoms with van der Waals surface area (Å²) in [7, 11) is 0. The van der Waals surface area contributed by atoms with Crippen LogP contribution in [-0.4, -0.2) is 110 Å². The SMILES string of the molecule is CCCCCCCCCCC/C=C\CCCCCCCCC(O)C(=O)NC(COC1OC(CO)C(O)C(O)C1O)C(O)C(O)CCC/C=C/CC/C=C/CCCCCCCCCCCCCCCCCC. The molecule has 0 spiro atoms. The van der Waals surface area contributed by atoms with Gasteiger partial charge < -0.3 is 50.5 Å². The van der Waals surface area contributed by atoms with E-state index in [1.165, 1.54) is 167 Å². The Morgan fingerprint density at radius 1 is 0.479 bits per heavy atom. The molecular formula is C60H113NO10. The van der Waals surface area contributed by atoms with Gasteiger partial charge in [-0.1, -0.05) is 230 Å². The van der Waals surface area contributed by atoms with Crippen LogP contribution in [0.5, 0.6) is 0 Å². The Morgan fingerprint density at radius 2 is 0.845 bits per heavy atom. The van der Waals surface area contributed by atoms with Crippen molar-refractivity contribution in [3.8, 4) is 0 Å². The molecule has 1 rings (SSSR count). The first-order valence-corrected chi connectivity index (χ1v) is 29.9. The van der Waals surface area contributed by atoms with E-state index in [9.17, 15) is 40.5 Å². The van der Waals surface area contributed by atoms with Crippen LogP contribution in [0.1, 0.15) is 271 Å². The summed E-state index contributed by atoms with van der Waals surface area (Å²) in [5, 5.41) is 76.1. The molecular weight excluding hydrogens is 895 g/mol. The van der Waals surface area contributed by atoms with E-state index in [0.717, 1.165) is 57.8 Å². The summed E-state index contributed by atoms with van der Waals surface area (Å²) in [6.07, 6.45) is 49.2. The van der Waals surface area contributed by atoms with E-state index in [1.54, 1.807) is 0 Å². The fourth-order valence-electron chi connectivity index (χ4n) is 9.51. The fraction of sp³-hybridized carbons (Fsp3) is 0.883. The van der Waals surface area contributed by atoms with E-state index in [1.807, 2.05) is 0 Å². The van der Waals surface area contributed by atoms with Crippen LogP contribution in [0, 0.1) is 0 Å². The molecule has 9 unspecified atom stereocenters. The van der Waals surface area contributed by atoms with Crippen LogP contribution in [0.25, 0.3) is 0 Å². The molecule has 71 heavy (non-hydrogen) atoms. The first-order valence-electron chi connectivity index (χ1n) is 29.9. The van der Waals surface area contributed by atoms with Gasteiger partial charge in [-0.2, -0.15) is 0 Å². The normalized spacial score (nSPS) is 20.4. The fourth-order valence-corrected chi connectivity index (χ4v) is 9.51. The third-order valence-corrected chi connectivity index (χ3v) is 14.4. The summed E-state index contributed by atoms with van der Waals surface area (Å²) in [6, 6.07) is -1.19. The largest absolute Gasteiger partial charge is 0.394 e. The number of carbonyl (C=O) groups excluding carboxylic acids is 1. The van der Waals surface area contributed by atoms with Crippen LogP contribution in [-0.2, 0) is 14.3 Å². The minimum Gasteiger partial charge on any atom is -0.394 e. The Bertz CT molecular complexity index is 1250. The van der Waals surface area contributed by atoms with Crippen LogP contribution < -0.4 is 5.32 Å². The van der Waals surface area contributed by atoms with Gasteiger partial charge in [0.15, 0.2) is 6.29 Å². The number of allylic oxidation sites excluding steroid dienone is 6. The Kier molecular flexibility index (Phi) is 46.7. The van der Waals surface area contributed by atoms with Gasteiger partial charge in [-0.25, -0.2) is 0 Å². The van der Waals surface area contributed by atoms with Gasteiger partial charge in [0.25, 0.3) is 0 Å². The van der Waals surface area contributed by atoms with Crippen LogP contribution in [0.3, 0.4) is 0 Å². The van der Waals surface area contributed by atoms with Crippen molar-refractivity contribution >= 4 is 5.91 Å². The molecule has 1 aliphatic heterocycles. The maximum absolute atomic E-state index is 13.2. The van der Waals surface area contributed by atoms with E-state index >= 15 is 0 Å². The van der Waals surface area contributed by atoms with Gasteiger partial charge in [-0.15, -0.1) is 0 Å². The summed E-state index contributed by atoms with van der Waals surface area (Å²) < 4.78 is 11.1. The van der Waals surface area contributed by atoms with Gasteiger partial charge in [0.2, 0.25) is 5.91 Å². The highest BCUT2D eigenvalue weighted by molar-refractivity contribution is 5.80. The smallest absolute Gasteiger partial charge is 0.249 e. The summed E-state index contributed by atoms with van der Waals surface area (Å²) in [4.78, 5) is 13.2. The number of nitrogens with one attached hydrogen (secondary N) is 1. The van der Waals surface area contributed by atoms with Gasteiger partial charge in [0.05, 0.1) is 25.4 Å². The van der Waals surface area contributed by atoms with Crippen molar-refractivity contribution in [1.82, 2.24) is 5.32 Å². The standard InChI is InChI=1S/C60H113NO10/c1-3-5-7-9-11-13-15-17-19-21-23-24-25-26-27-28-30-31-33-35-37-39-41-43-45-47-52(63)55(65)51(50-70-60-58(68)57(67)56(66)54(49-62)71-60)61-59(69)53(64)48-46-44-42-40-38-36-34-32-29-22-20-18-16-14-12-10-8-6-4-2/h29,31-33,39,41,51-58,60,62-68H,3-28,30,34-38,40,42-50H2,1-2H3,(H,61,69)/b32-29-,33-31+,41-39+. The number of unbranched alkanes of at least 4 members (excludes halogenated alkanes) is 33. The maximum Gasteiger partial charge on any atom is 0.249 e. The predicted octanol–water partition coefficient (Wildman–Crippen LogP) is 12.7. The van der Waals surface area contributed by atoms with Gasteiger partial charge >= 0.3 is 0 Å². The molecule has 9 atom stereocenters. The van der Waals surface area contributed by atoms with Crippen molar-refractivity contribution < 1.29 is 50.0 Å². The summed E-state index contributed by atoms with van der Waals surface area (Å²) >= 11 is 0. The summed E-state index contributed by atoms with van der Waals surface area (Å²) in [5.41, 5.74) is 0. The minimum absolute atomic E-state index is 0.244. The minimum atomic E-state index is -1.67. The Hall–Kier alpha value is -1.67. The van der Waals surface area contributed by atoms with Crippen molar-refractivity contribution in [3.63, 3.8) is 0 Å². The Balaban J connectivity index is 2.33. The molecule has 0 radical (unpaired) electrons. The molecule has 1 aliphatic rings. The molecule has 0 saturated carbocycles. The molecule has 0 aromatic rings. The van der Waals surface area contributed by atoms with Gasteiger partial charge in [0.1, 0.15) is 36.6 Å². The van der Waals surface area contributed by atoms with Gasteiger partial charge in [-0.3, -0.25) is 4.79 Å². The topological polar surface area (TPSA) is 189 Å². The average molecular weight is 1010 g/mol. The second-order valence-electron chi connectivity index (χ2n) is 21.0. The Labute approximate surface area is 435 Å². The van der Waals surface area contributed by atoms with E-state index in [-0.39, 0.29) is 12.8 Å². The van der Waals surface area contributed by atoms with Crippen LogP contribution in [0.4, 0.5) is 0 Å². The number of hydrogen-bond donors (Lipinski definition) is 8.